The molecule has 2 saturated heterocycles. The maximum atomic E-state index is 13.1. The normalized spacial score (nSPS) is 28.5. The van der Waals surface area contributed by atoms with Crippen molar-refractivity contribution in [1.82, 2.24) is 19.7 Å². The van der Waals surface area contributed by atoms with Crippen LogP contribution >= 0.6 is 0 Å². The van der Waals surface area contributed by atoms with Crippen molar-refractivity contribution in [3.05, 3.63) is 12.2 Å². The fourth-order valence-electron chi connectivity index (χ4n) is 4.49. The van der Waals surface area contributed by atoms with Gasteiger partial charge >= 0.3 is 0 Å². The quantitative estimate of drug-likeness (QED) is 0.841. The molecule has 3 aliphatic rings. The molecule has 4 rings (SSSR count). The molecule has 3 heterocycles. The molecule has 1 aromatic rings. The Labute approximate surface area is 149 Å². The first-order chi connectivity index (χ1) is 12.1. The fourth-order valence-corrected chi connectivity index (χ4v) is 4.49. The summed E-state index contributed by atoms with van der Waals surface area (Å²) in [4.78, 5) is 15.1. The van der Waals surface area contributed by atoms with E-state index in [-0.39, 0.29) is 12.0 Å². The van der Waals surface area contributed by atoms with Crippen molar-refractivity contribution in [2.75, 3.05) is 19.7 Å². The number of ether oxygens (including phenoxy) is 1. The zero-order valence-corrected chi connectivity index (χ0v) is 15.4. The van der Waals surface area contributed by atoms with Gasteiger partial charge in [-0.25, -0.2) is 0 Å². The number of hydrogen-bond donors (Lipinski definition) is 0. The molecular formula is C19H30N4O2. The molecule has 6 nitrogen and oxygen atoms in total. The Balaban J connectivity index is 1.37. The second-order valence-corrected chi connectivity index (χ2v) is 8.26. The standard InChI is InChI=1S/C19H30N4O2/c1-13(2)17-16(4-3-11-25-17)19(24)22-9-7-14(8-10-22)18-21-20-12-23(18)15-5-6-15/h12-17H,3-11H2,1-2H3/t16-,17+/m1/s1. The summed E-state index contributed by atoms with van der Waals surface area (Å²) in [6, 6.07) is 0.621. The second kappa shape index (κ2) is 7.06. The third-order valence-electron chi connectivity index (χ3n) is 6.05. The van der Waals surface area contributed by atoms with Crippen LogP contribution in [0.4, 0.5) is 0 Å². The van der Waals surface area contributed by atoms with E-state index < -0.39 is 0 Å². The molecule has 0 aromatic carbocycles. The van der Waals surface area contributed by atoms with Crippen LogP contribution in [0.15, 0.2) is 6.33 Å². The van der Waals surface area contributed by atoms with Gasteiger partial charge < -0.3 is 14.2 Å². The Kier molecular flexibility index (Phi) is 4.80. The van der Waals surface area contributed by atoms with Crippen LogP contribution in [0.25, 0.3) is 0 Å². The summed E-state index contributed by atoms with van der Waals surface area (Å²) >= 11 is 0. The Morgan fingerprint density at radius 1 is 1.20 bits per heavy atom. The predicted molar refractivity (Wildman–Crippen MR) is 94.2 cm³/mol. The van der Waals surface area contributed by atoms with E-state index in [1.807, 2.05) is 6.33 Å². The maximum Gasteiger partial charge on any atom is 0.228 e. The molecule has 1 aliphatic carbocycles. The highest BCUT2D eigenvalue weighted by molar-refractivity contribution is 5.79. The SMILES string of the molecule is CC(C)[C@@H]1OCCC[C@H]1C(=O)N1CCC(c2nncn2C2CC2)CC1. The topological polar surface area (TPSA) is 60.2 Å². The predicted octanol–water partition coefficient (Wildman–Crippen LogP) is 2.77. The second-order valence-electron chi connectivity index (χ2n) is 8.26. The summed E-state index contributed by atoms with van der Waals surface area (Å²) in [6.45, 7) is 6.79. The number of rotatable bonds is 4. The number of likely N-dealkylation sites (tertiary alicyclic amines) is 1. The molecule has 6 heteroatoms. The first kappa shape index (κ1) is 17.0. The largest absolute Gasteiger partial charge is 0.377 e. The molecule has 1 aromatic heterocycles. The molecule has 2 atom stereocenters. The summed E-state index contributed by atoms with van der Waals surface area (Å²) < 4.78 is 8.19. The highest BCUT2D eigenvalue weighted by atomic mass is 16.5. The van der Waals surface area contributed by atoms with Gasteiger partial charge in [-0.2, -0.15) is 0 Å². The minimum atomic E-state index is 0.0421. The van der Waals surface area contributed by atoms with Gasteiger partial charge in [0, 0.05) is 31.7 Å². The van der Waals surface area contributed by atoms with E-state index in [0.717, 1.165) is 51.2 Å². The number of piperidine rings is 1. The van der Waals surface area contributed by atoms with E-state index in [4.69, 9.17) is 4.74 Å². The highest BCUT2D eigenvalue weighted by Crippen LogP contribution is 2.38. The number of aromatic nitrogens is 3. The molecule has 0 radical (unpaired) electrons. The maximum absolute atomic E-state index is 13.1. The van der Waals surface area contributed by atoms with Crippen LogP contribution in [-0.2, 0) is 9.53 Å². The van der Waals surface area contributed by atoms with Crippen LogP contribution < -0.4 is 0 Å². The van der Waals surface area contributed by atoms with Crippen LogP contribution in [0, 0.1) is 11.8 Å². The van der Waals surface area contributed by atoms with E-state index in [2.05, 4.69) is 33.5 Å². The molecule has 138 valence electrons. The summed E-state index contributed by atoms with van der Waals surface area (Å²) in [6.07, 6.45) is 8.43. The lowest BCUT2D eigenvalue weighted by molar-refractivity contribution is -0.148. The number of carbonyl (C=O) groups is 1. The molecule has 3 fully saturated rings. The van der Waals surface area contributed by atoms with Crippen LogP contribution in [0.5, 0.6) is 0 Å². The fraction of sp³-hybridized carbons (Fsp3) is 0.842. The summed E-state index contributed by atoms with van der Waals surface area (Å²) in [5.74, 6) is 2.32. The van der Waals surface area contributed by atoms with E-state index in [9.17, 15) is 4.79 Å². The number of amides is 1. The third-order valence-corrected chi connectivity index (χ3v) is 6.05. The van der Waals surface area contributed by atoms with Gasteiger partial charge in [0.25, 0.3) is 0 Å². The van der Waals surface area contributed by atoms with Gasteiger partial charge in [0.2, 0.25) is 5.91 Å². The molecule has 25 heavy (non-hydrogen) atoms. The first-order valence-electron chi connectivity index (χ1n) is 9.95. The molecule has 0 N–H and O–H groups in total. The summed E-state index contributed by atoms with van der Waals surface area (Å²) in [5, 5.41) is 8.52. The Hall–Kier alpha value is -1.43. The van der Waals surface area contributed by atoms with Crippen LogP contribution in [0.3, 0.4) is 0 Å². The van der Waals surface area contributed by atoms with Gasteiger partial charge in [0.05, 0.1) is 12.0 Å². The number of nitrogens with zero attached hydrogens (tertiary/aromatic N) is 4. The van der Waals surface area contributed by atoms with Gasteiger partial charge in [0.1, 0.15) is 12.2 Å². The Morgan fingerprint density at radius 2 is 1.96 bits per heavy atom. The van der Waals surface area contributed by atoms with Crippen molar-refractivity contribution in [3.63, 3.8) is 0 Å². The van der Waals surface area contributed by atoms with E-state index in [1.165, 1.54) is 12.8 Å². The molecule has 0 bridgehead atoms. The summed E-state index contributed by atoms with van der Waals surface area (Å²) in [7, 11) is 0. The minimum Gasteiger partial charge on any atom is -0.377 e. The zero-order valence-electron chi connectivity index (χ0n) is 15.4. The number of hydrogen-bond acceptors (Lipinski definition) is 4. The first-order valence-corrected chi connectivity index (χ1v) is 9.95. The average Bonchev–Trinajstić information content (AvgIpc) is 3.38. The molecule has 0 unspecified atom stereocenters. The third kappa shape index (κ3) is 3.46. The van der Waals surface area contributed by atoms with Crippen molar-refractivity contribution < 1.29 is 9.53 Å². The van der Waals surface area contributed by atoms with Gasteiger partial charge in [-0.3, -0.25) is 4.79 Å². The molecule has 2 aliphatic heterocycles. The van der Waals surface area contributed by atoms with Crippen molar-refractivity contribution in [1.29, 1.82) is 0 Å². The lowest BCUT2D eigenvalue weighted by Crippen LogP contribution is -2.48. The molecular weight excluding hydrogens is 316 g/mol. The van der Waals surface area contributed by atoms with Crippen LogP contribution in [0.2, 0.25) is 0 Å². The Morgan fingerprint density at radius 3 is 2.64 bits per heavy atom. The molecule has 1 amide bonds. The van der Waals surface area contributed by atoms with Gasteiger partial charge in [-0.15, -0.1) is 10.2 Å². The highest BCUT2D eigenvalue weighted by Gasteiger charge is 2.38. The zero-order chi connectivity index (χ0) is 17.4. The van der Waals surface area contributed by atoms with Crippen molar-refractivity contribution in [2.24, 2.45) is 11.8 Å². The van der Waals surface area contributed by atoms with E-state index in [0.29, 0.717) is 23.8 Å². The van der Waals surface area contributed by atoms with Crippen molar-refractivity contribution >= 4 is 5.91 Å². The average molecular weight is 346 g/mol. The minimum absolute atomic E-state index is 0.0421. The van der Waals surface area contributed by atoms with Crippen molar-refractivity contribution in [3.8, 4) is 0 Å². The smallest absolute Gasteiger partial charge is 0.228 e. The van der Waals surface area contributed by atoms with Crippen LogP contribution in [-0.4, -0.2) is 51.4 Å². The van der Waals surface area contributed by atoms with Gasteiger partial charge in [-0.05, 0) is 44.4 Å². The van der Waals surface area contributed by atoms with E-state index >= 15 is 0 Å². The van der Waals surface area contributed by atoms with Crippen molar-refractivity contribution in [2.45, 2.75) is 70.4 Å². The molecule has 0 spiro atoms. The van der Waals surface area contributed by atoms with Gasteiger partial charge in [-0.1, -0.05) is 13.8 Å². The lowest BCUT2D eigenvalue weighted by Gasteiger charge is -2.39. The van der Waals surface area contributed by atoms with Gasteiger partial charge in [0.15, 0.2) is 0 Å². The summed E-state index contributed by atoms with van der Waals surface area (Å²) in [5.41, 5.74) is 0. The lowest BCUT2D eigenvalue weighted by atomic mass is 9.85. The Bertz CT molecular complexity index is 602. The van der Waals surface area contributed by atoms with E-state index in [1.54, 1.807) is 0 Å². The number of carbonyl (C=O) groups excluding carboxylic acids is 1. The monoisotopic (exact) mass is 346 g/mol. The molecule has 1 saturated carbocycles. The van der Waals surface area contributed by atoms with Crippen LogP contribution in [0.1, 0.15) is 70.2 Å².